The summed E-state index contributed by atoms with van der Waals surface area (Å²) in [5, 5.41) is 8.33. The van der Waals surface area contributed by atoms with Gasteiger partial charge in [0.15, 0.2) is 6.23 Å². The Morgan fingerprint density at radius 3 is 2.65 bits per heavy atom. The highest BCUT2D eigenvalue weighted by atomic mass is 16.6. The highest BCUT2D eigenvalue weighted by Gasteiger charge is 2.39. The fourth-order valence-corrected chi connectivity index (χ4v) is 6.83. The van der Waals surface area contributed by atoms with E-state index in [1.54, 1.807) is 16.7 Å². The molecule has 2 aliphatic heterocycles. The lowest BCUT2D eigenvalue weighted by Gasteiger charge is -2.44. The van der Waals surface area contributed by atoms with Gasteiger partial charge in [-0.2, -0.15) is 5.10 Å². The molecule has 2 unspecified atom stereocenters. The molecule has 3 atom stereocenters. The number of piperidine rings is 1. The largest absolute Gasteiger partial charge is 0.430 e. The molecule has 2 aromatic rings. The highest BCUT2D eigenvalue weighted by Crippen LogP contribution is 2.41. The van der Waals surface area contributed by atoms with Crippen LogP contribution in [0.1, 0.15) is 96.9 Å². The van der Waals surface area contributed by atoms with Crippen molar-refractivity contribution >= 4 is 23.4 Å². The Kier molecular flexibility index (Phi) is 7.71. The number of hydrogen-bond donors (Lipinski definition) is 1. The number of nitrogens with one attached hydrogen (secondary N) is 1. The number of aromatic nitrogens is 2. The molecule has 40 heavy (non-hydrogen) atoms. The second kappa shape index (κ2) is 11.4. The number of allylic oxidation sites excluding steroid dienone is 1. The third kappa shape index (κ3) is 5.69. The van der Waals surface area contributed by atoms with Gasteiger partial charge in [0.2, 0.25) is 5.91 Å². The smallest absolute Gasteiger partial charge is 0.416 e. The summed E-state index contributed by atoms with van der Waals surface area (Å²) in [5.74, 6) is -0.0315. The summed E-state index contributed by atoms with van der Waals surface area (Å²) in [4.78, 5) is 30.0. The van der Waals surface area contributed by atoms with Gasteiger partial charge in [0, 0.05) is 30.8 Å². The van der Waals surface area contributed by atoms with Crippen molar-refractivity contribution in [1.82, 2.24) is 15.1 Å². The average molecular weight is 546 g/mol. The summed E-state index contributed by atoms with van der Waals surface area (Å²) in [6.45, 7) is 3.95. The number of fused-ring (bicyclic) bond motifs is 1. The number of rotatable bonds is 3. The second-order valence-corrected chi connectivity index (χ2v) is 12.3. The van der Waals surface area contributed by atoms with Crippen LogP contribution < -0.4 is 15.1 Å². The van der Waals surface area contributed by atoms with Crippen molar-refractivity contribution in [2.75, 3.05) is 16.3 Å². The van der Waals surface area contributed by atoms with Crippen LogP contribution >= 0.6 is 0 Å². The van der Waals surface area contributed by atoms with Gasteiger partial charge in [0.1, 0.15) is 0 Å². The fraction of sp³-hybridized carbons (Fsp3) is 0.594. The zero-order valence-electron chi connectivity index (χ0n) is 24.0. The van der Waals surface area contributed by atoms with E-state index in [4.69, 9.17) is 4.74 Å². The van der Waals surface area contributed by atoms with Crippen molar-refractivity contribution in [3.05, 3.63) is 42.7 Å². The third-order valence-corrected chi connectivity index (χ3v) is 9.11. The molecule has 0 bridgehead atoms. The molecule has 4 aliphatic rings. The van der Waals surface area contributed by atoms with Crippen LogP contribution in [-0.2, 0) is 9.53 Å². The van der Waals surface area contributed by atoms with Crippen LogP contribution in [0, 0.1) is 0 Å². The first-order valence-electron chi connectivity index (χ1n) is 15.3. The van der Waals surface area contributed by atoms with E-state index in [0.29, 0.717) is 18.3 Å². The first-order chi connectivity index (χ1) is 19.4. The summed E-state index contributed by atoms with van der Waals surface area (Å²) in [6, 6.07) is 6.32. The lowest BCUT2D eigenvalue weighted by molar-refractivity contribution is -0.117. The second-order valence-electron chi connectivity index (χ2n) is 12.3. The number of hydrogen-bond acceptors (Lipinski definition) is 5. The van der Waals surface area contributed by atoms with E-state index in [2.05, 4.69) is 28.8 Å². The Hall–Kier alpha value is -3.13. The molecule has 1 spiro atoms. The van der Waals surface area contributed by atoms with Gasteiger partial charge >= 0.3 is 6.09 Å². The van der Waals surface area contributed by atoms with Crippen molar-refractivity contribution in [3.8, 4) is 11.1 Å². The van der Waals surface area contributed by atoms with Crippen molar-refractivity contribution in [3.63, 3.8) is 0 Å². The number of amides is 2. The molecule has 1 saturated heterocycles. The topological polar surface area (TPSA) is 79.7 Å². The maximum atomic E-state index is 13.8. The number of anilines is 2. The standard InChI is InChI=1S/C32H43N5O3/c1-23-21-35(31(39)40-30-11-10-18-32(34-30)16-8-6-4-3-5-7-9-17-32)29-19-25(12-15-28(29)37(23)24(2)38)26-20-33-36(22-26)27-13-14-27/h6,8,12,15,19-20,22-23,27,30,34H,3-5,7,9-11,13-14,16-18,21H2,1-2H3/b8-6-/t23-,30?,32?/m0/s1. The van der Waals surface area contributed by atoms with E-state index in [-0.39, 0.29) is 29.8 Å². The predicted molar refractivity (Wildman–Crippen MR) is 157 cm³/mol. The molecule has 2 amide bonds. The molecule has 1 aromatic heterocycles. The molecule has 6 rings (SSSR count). The van der Waals surface area contributed by atoms with Gasteiger partial charge in [-0.05, 0) is 82.4 Å². The maximum absolute atomic E-state index is 13.8. The number of nitrogens with zero attached hydrogens (tertiary/aromatic N) is 4. The van der Waals surface area contributed by atoms with Gasteiger partial charge in [-0.25, -0.2) is 4.79 Å². The molecule has 8 nitrogen and oxygen atoms in total. The Morgan fingerprint density at radius 2 is 1.82 bits per heavy atom. The summed E-state index contributed by atoms with van der Waals surface area (Å²) in [7, 11) is 0. The molecule has 2 fully saturated rings. The van der Waals surface area contributed by atoms with Crippen LogP contribution in [0.2, 0.25) is 0 Å². The molecule has 8 heteroatoms. The van der Waals surface area contributed by atoms with Gasteiger partial charge in [-0.15, -0.1) is 0 Å². The molecule has 1 saturated carbocycles. The van der Waals surface area contributed by atoms with E-state index in [1.807, 2.05) is 36.0 Å². The highest BCUT2D eigenvalue weighted by molar-refractivity contribution is 6.03. The van der Waals surface area contributed by atoms with E-state index < -0.39 is 0 Å². The monoisotopic (exact) mass is 545 g/mol. The number of ether oxygens (including phenoxy) is 1. The number of carbonyl (C=O) groups is 2. The summed E-state index contributed by atoms with van der Waals surface area (Å²) in [6.07, 6.45) is 21.5. The predicted octanol–water partition coefficient (Wildman–Crippen LogP) is 6.72. The summed E-state index contributed by atoms with van der Waals surface area (Å²) < 4.78 is 8.24. The Labute approximate surface area is 237 Å². The number of benzene rings is 1. The third-order valence-electron chi connectivity index (χ3n) is 9.11. The Morgan fingerprint density at radius 1 is 1.00 bits per heavy atom. The van der Waals surface area contributed by atoms with Crippen molar-refractivity contribution in [1.29, 1.82) is 0 Å². The first kappa shape index (κ1) is 27.1. The quantitative estimate of drug-likeness (QED) is 0.433. The molecule has 2 aliphatic carbocycles. The normalized spacial score (nSPS) is 28.1. The van der Waals surface area contributed by atoms with Crippen LogP contribution in [-0.4, -0.2) is 46.1 Å². The van der Waals surface area contributed by atoms with Gasteiger partial charge < -0.3 is 9.64 Å². The van der Waals surface area contributed by atoms with Crippen LogP contribution in [0.15, 0.2) is 42.7 Å². The molecule has 214 valence electrons. The Balaban J connectivity index is 1.24. The van der Waals surface area contributed by atoms with Crippen molar-refractivity contribution in [2.24, 2.45) is 0 Å². The molecular weight excluding hydrogens is 502 g/mol. The van der Waals surface area contributed by atoms with E-state index in [9.17, 15) is 9.59 Å². The first-order valence-corrected chi connectivity index (χ1v) is 15.3. The summed E-state index contributed by atoms with van der Waals surface area (Å²) in [5.41, 5.74) is 3.43. The van der Waals surface area contributed by atoms with E-state index >= 15 is 0 Å². The van der Waals surface area contributed by atoms with E-state index in [0.717, 1.165) is 55.3 Å². The van der Waals surface area contributed by atoms with Crippen LogP contribution in [0.4, 0.5) is 16.2 Å². The minimum absolute atomic E-state index is 0.00948. The fourth-order valence-electron chi connectivity index (χ4n) is 6.83. The zero-order chi connectivity index (χ0) is 27.7. The SMILES string of the molecule is CC(=O)N1c2ccc(-c3cnn(C4CC4)c3)cc2N(C(=O)OC2CCCC3(C/C=C\CCCCCC3)N2)C[C@@H]1C. The minimum atomic E-state index is -0.355. The maximum Gasteiger partial charge on any atom is 0.416 e. The minimum Gasteiger partial charge on any atom is -0.430 e. The van der Waals surface area contributed by atoms with Crippen LogP contribution in [0.3, 0.4) is 0 Å². The van der Waals surface area contributed by atoms with Crippen LogP contribution in [0.25, 0.3) is 11.1 Å². The Bertz CT molecular complexity index is 1270. The van der Waals surface area contributed by atoms with E-state index in [1.165, 1.54) is 38.5 Å². The van der Waals surface area contributed by atoms with Crippen LogP contribution in [0.5, 0.6) is 0 Å². The number of carbonyl (C=O) groups excluding carboxylic acids is 2. The average Bonchev–Trinajstić information content (AvgIpc) is 3.67. The van der Waals surface area contributed by atoms with Gasteiger partial charge in [0.05, 0.1) is 29.7 Å². The van der Waals surface area contributed by atoms with Crippen molar-refractivity contribution < 1.29 is 14.3 Å². The van der Waals surface area contributed by atoms with Crippen molar-refractivity contribution in [2.45, 2.75) is 115 Å². The zero-order valence-corrected chi connectivity index (χ0v) is 24.0. The van der Waals surface area contributed by atoms with Gasteiger partial charge in [0.25, 0.3) is 0 Å². The molecule has 1 aromatic carbocycles. The summed E-state index contributed by atoms with van der Waals surface area (Å²) >= 11 is 0. The van der Waals surface area contributed by atoms with Gasteiger partial charge in [-0.3, -0.25) is 19.7 Å². The lowest BCUT2D eigenvalue weighted by atomic mass is 9.80. The van der Waals surface area contributed by atoms with Gasteiger partial charge in [-0.1, -0.05) is 37.5 Å². The molecular formula is C32H43N5O3. The lowest BCUT2D eigenvalue weighted by Crippen LogP contribution is -2.57. The molecule has 0 radical (unpaired) electrons. The molecule has 1 N–H and O–H groups in total. The molecule has 3 heterocycles.